The number of piperidine rings is 1. The topological polar surface area (TPSA) is 87.0 Å². The normalized spacial score (nSPS) is 19.3. The van der Waals surface area contributed by atoms with E-state index in [4.69, 9.17) is 4.52 Å². The lowest BCUT2D eigenvalue weighted by molar-refractivity contribution is -0.117. The number of hydrogen-bond donors (Lipinski definition) is 2. The number of nitrogens with one attached hydrogen (secondary N) is 2. The van der Waals surface area contributed by atoms with Crippen LogP contribution in [0.3, 0.4) is 0 Å². The number of hydrogen-bond acceptors (Lipinski definition) is 5. The molecule has 0 bridgehead atoms. The third-order valence-corrected chi connectivity index (χ3v) is 3.91. The number of anilines is 1. The van der Waals surface area contributed by atoms with Gasteiger partial charge in [-0.25, -0.2) is 0 Å². The van der Waals surface area contributed by atoms with Crippen LogP contribution in [0.5, 0.6) is 0 Å². The molecule has 1 amide bonds. The number of amides is 1. The summed E-state index contributed by atoms with van der Waals surface area (Å²) in [7, 11) is 0. The summed E-state index contributed by atoms with van der Waals surface area (Å²) in [6, 6.07) is 3.80. The molecule has 22 heavy (non-hydrogen) atoms. The second-order valence-corrected chi connectivity index (χ2v) is 5.93. The summed E-state index contributed by atoms with van der Waals surface area (Å²) in [6.07, 6.45) is 2.19. The first-order valence-electron chi connectivity index (χ1n) is 7.57. The number of carbonyl (C=O) groups excluding carboxylic acids is 1. The summed E-state index contributed by atoms with van der Waals surface area (Å²) in [5, 5.41) is 13.8. The van der Waals surface area contributed by atoms with Crippen LogP contribution in [-0.2, 0) is 4.79 Å². The van der Waals surface area contributed by atoms with Crippen LogP contribution in [0.4, 0.5) is 5.88 Å². The summed E-state index contributed by atoms with van der Waals surface area (Å²) in [6.45, 7) is 5.97. The molecule has 0 spiro atoms. The largest absolute Gasteiger partial charge is 0.338 e. The van der Waals surface area contributed by atoms with E-state index in [1.807, 2.05) is 13.8 Å². The zero-order valence-electron chi connectivity index (χ0n) is 12.9. The van der Waals surface area contributed by atoms with Crippen LogP contribution in [0.15, 0.2) is 16.7 Å². The van der Waals surface area contributed by atoms with E-state index in [0.717, 1.165) is 43.0 Å². The third-order valence-electron chi connectivity index (χ3n) is 3.91. The maximum atomic E-state index is 12.1. The van der Waals surface area contributed by atoms with Crippen LogP contribution in [0.25, 0.3) is 0 Å². The predicted octanol–water partition coefficient (Wildman–Crippen LogP) is 1.83. The van der Waals surface area contributed by atoms with Crippen molar-refractivity contribution in [3.05, 3.63) is 29.2 Å². The van der Waals surface area contributed by atoms with Gasteiger partial charge in [0.05, 0.1) is 17.9 Å². The lowest BCUT2D eigenvalue weighted by Crippen LogP contribution is -2.39. The fraction of sp³-hybridized carbons (Fsp3) is 0.533. The maximum absolute atomic E-state index is 12.1. The van der Waals surface area contributed by atoms with E-state index >= 15 is 0 Å². The molecule has 2 N–H and O–H groups in total. The highest BCUT2D eigenvalue weighted by Gasteiger charge is 2.24. The Labute approximate surface area is 129 Å². The molecule has 0 aliphatic carbocycles. The molecule has 1 aliphatic rings. The number of aryl methyl sites for hydroxylation is 2. The average Bonchev–Trinajstić information content (AvgIpc) is 3.08. The number of carbonyl (C=O) groups is 1. The van der Waals surface area contributed by atoms with Gasteiger partial charge < -0.3 is 4.52 Å². The lowest BCUT2D eigenvalue weighted by Gasteiger charge is -2.31. The highest BCUT2D eigenvalue weighted by atomic mass is 16.5. The van der Waals surface area contributed by atoms with Crippen molar-refractivity contribution in [3.63, 3.8) is 0 Å². The number of likely N-dealkylation sites (tertiary alicyclic amines) is 1. The standard InChI is InChI=1S/C15H21N5O2/c1-10-6-13(18-17-10)12-4-3-5-20(8-12)9-14(21)16-15-7-11(2)19-22-15/h6-7,12H,3-5,8-9H2,1-2H3,(H,16,21)(H,17,18)/t12-/m0/s1. The molecular formula is C15H21N5O2. The smallest absolute Gasteiger partial charge is 0.240 e. The minimum Gasteiger partial charge on any atom is -0.338 e. The first-order valence-corrected chi connectivity index (χ1v) is 7.57. The van der Waals surface area contributed by atoms with E-state index < -0.39 is 0 Å². The van der Waals surface area contributed by atoms with E-state index in [2.05, 4.69) is 31.6 Å². The summed E-state index contributed by atoms with van der Waals surface area (Å²) in [4.78, 5) is 14.2. The SMILES string of the molecule is Cc1cc(NC(=O)CN2CCC[C@H](c3cc(C)[nH]n3)C2)on1. The minimum absolute atomic E-state index is 0.0741. The Morgan fingerprint density at radius 2 is 2.36 bits per heavy atom. The number of rotatable bonds is 4. The molecule has 7 nitrogen and oxygen atoms in total. The number of H-pyrrole nitrogens is 1. The van der Waals surface area contributed by atoms with Gasteiger partial charge in [0.1, 0.15) is 0 Å². The molecular weight excluding hydrogens is 282 g/mol. The van der Waals surface area contributed by atoms with Crippen molar-refractivity contribution in [2.45, 2.75) is 32.6 Å². The molecule has 1 aliphatic heterocycles. The van der Waals surface area contributed by atoms with Crippen molar-refractivity contribution in [2.24, 2.45) is 0 Å². The van der Waals surface area contributed by atoms with E-state index in [1.165, 1.54) is 0 Å². The van der Waals surface area contributed by atoms with Gasteiger partial charge in [0.2, 0.25) is 11.8 Å². The predicted molar refractivity (Wildman–Crippen MR) is 81.6 cm³/mol. The van der Waals surface area contributed by atoms with Crippen LogP contribution in [0.2, 0.25) is 0 Å². The molecule has 3 heterocycles. The molecule has 1 saturated heterocycles. The fourth-order valence-corrected chi connectivity index (χ4v) is 2.89. The Morgan fingerprint density at radius 3 is 3.05 bits per heavy atom. The van der Waals surface area contributed by atoms with Crippen molar-refractivity contribution in [2.75, 3.05) is 25.0 Å². The Kier molecular flexibility index (Phi) is 4.24. The van der Waals surface area contributed by atoms with Gasteiger partial charge in [0.25, 0.3) is 0 Å². The van der Waals surface area contributed by atoms with Crippen LogP contribution < -0.4 is 5.32 Å². The molecule has 0 saturated carbocycles. The molecule has 118 valence electrons. The Bertz CT molecular complexity index is 648. The third kappa shape index (κ3) is 3.54. The van der Waals surface area contributed by atoms with Crippen LogP contribution in [0.1, 0.15) is 35.8 Å². The number of nitrogens with zero attached hydrogens (tertiary/aromatic N) is 3. The van der Waals surface area contributed by atoms with Gasteiger partial charge in [-0.05, 0) is 39.3 Å². The van der Waals surface area contributed by atoms with Crippen molar-refractivity contribution in [1.29, 1.82) is 0 Å². The quantitative estimate of drug-likeness (QED) is 0.900. The Hall–Kier alpha value is -2.15. The zero-order chi connectivity index (χ0) is 15.5. The zero-order valence-corrected chi connectivity index (χ0v) is 12.9. The molecule has 0 unspecified atom stereocenters. The van der Waals surface area contributed by atoms with E-state index in [-0.39, 0.29) is 5.91 Å². The minimum atomic E-state index is -0.0741. The Morgan fingerprint density at radius 1 is 1.50 bits per heavy atom. The van der Waals surface area contributed by atoms with Crippen molar-refractivity contribution in [3.8, 4) is 0 Å². The lowest BCUT2D eigenvalue weighted by atomic mass is 9.94. The molecule has 1 atom stereocenters. The van der Waals surface area contributed by atoms with Crippen molar-refractivity contribution >= 4 is 11.8 Å². The molecule has 2 aromatic heterocycles. The number of aromatic amines is 1. The second-order valence-electron chi connectivity index (χ2n) is 5.93. The van der Waals surface area contributed by atoms with Crippen LogP contribution in [0, 0.1) is 13.8 Å². The first kappa shape index (κ1) is 14.8. The van der Waals surface area contributed by atoms with E-state index in [9.17, 15) is 4.79 Å². The summed E-state index contributed by atoms with van der Waals surface area (Å²) >= 11 is 0. The summed E-state index contributed by atoms with van der Waals surface area (Å²) < 4.78 is 5.00. The monoisotopic (exact) mass is 303 g/mol. The first-order chi connectivity index (χ1) is 10.6. The molecule has 0 aromatic carbocycles. The van der Waals surface area contributed by atoms with Gasteiger partial charge in [-0.15, -0.1) is 0 Å². The van der Waals surface area contributed by atoms with Crippen LogP contribution >= 0.6 is 0 Å². The number of aromatic nitrogens is 3. The van der Waals surface area contributed by atoms with Gasteiger partial charge in [0, 0.05) is 24.2 Å². The molecule has 2 aromatic rings. The summed E-state index contributed by atoms with van der Waals surface area (Å²) in [5.41, 5.74) is 2.92. The van der Waals surface area contributed by atoms with Gasteiger partial charge >= 0.3 is 0 Å². The fourth-order valence-electron chi connectivity index (χ4n) is 2.89. The average molecular weight is 303 g/mol. The highest BCUT2D eigenvalue weighted by Crippen LogP contribution is 2.25. The van der Waals surface area contributed by atoms with Crippen LogP contribution in [-0.4, -0.2) is 45.8 Å². The molecule has 7 heteroatoms. The van der Waals surface area contributed by atoms with Gasteiger partial charge in [-0.1, -0.05) is 5.16 Å². The maximum Gasteiger partial charge on any atom is 0.240 e. The molecule has 3 rings (SSSR count). The van der Waals surface area contributed by atoms with Gasteiger partial charge in [0.15, 0.2) is 0 Å². The van der Waals surface area contributed by atoms with E-state index in [0.29, 0.717) is 18.3 Å². The molecule has 0 radical (unpaired) electrons. The van der Waals surface area contributed by atoms with Crippen molar-refractivity contribution in [1.82, 2.24) is 20.3 Å². The van der Waals surface area contributed by atoms with E-state index in [1.54, 1.807) is 6.07 Å². The van der Waals surface area contributed by atoms with Gasteiger partial charge in [-0.2, -0.15) is 5.10 Å². The molecule has 1 fully saturated rings. The second kappa shape index (κ2) is 6.31. The summed E-state index contributed by atoms with van der Waals surface area (Å²) in [5.74, 6) is 0.716. The Balaban J connectivity index is 1.54. The van der Waals surface area contributed by atoms with Gasteiger partial charge in [-0.3, -0.25) is 20.1 Å². The highest BCUT2D eigenvalue weighted by molar-refractivity contribution is 5.90. The van der Waals surface area contributed by atoms with Crippen molar-refractivity contribution < 1.29 is 9.32 Å².